The number of carbonyl (C=O) groups excluding carboxylic acids is 1. The molecule has 0 atom stereocenters. The van der Waals surface area contributed by atoms with E-state index in [2.05, 4.69) is 15.4 Å². The van der Waals surface area contributed by atoms with Gasteiger partial charge in [-0.1, -0.05) is 42.5 Å². The maximum atomic E-state index is 12.2. The maximum absolute atomic E-state index is 12.2. The summed E-state index contributed by atoms with van der Waals surface area (Å²) >= 11 is 0. The minimum atomic E-state index is -0.164. The Hall–Kier alpha value is -3.12. The van der Waals surface area contributed by atoms with Crippen molar-refractivity contribution in [1.82, 2.24) is 5.43 Å². The van der Waals surface area contributed by atoms with E-state index in [-0.39, 0.29) is 12.3 Å². The first-order valence-electron chi connectivity index (χ1n) is 9.01. The molecule has 2 heterocycles. The number of nitrogens with one attached hydrogen (secondary N) is 1. The van der Waals surface area contributed by atoms with Crippen molar-refractivity contribution in [3.63, 3.8) is 0 Å². The number of hydrazone groups is 1. The molecular weight excluding hydrogens is 342 g/mol. The molecule has 0 saturated carbocycles. The van der Waals surface area contributed by atoms with Gasteiger partial charge in [-0.2, -0.15) is 5.10 Å². The standard InChI is InChI=1S/C21H21N3O3/c25-20(14-17-6-3-5-16-4-1-2-7-19(16)17)23-22-15-18-8-9-21(27-18)24-10-12-26-13-11-24/h1-9,15H,10-14H2,(H,23,25). The number of ether oxygens (including phenoxy) is 1. The van der Waals surface area contributed by atoms with Crippen molar-refractivity contribution >= 4 is 28.8 Å². The second-order valence-electron chi connectivity index (χ2n) is 6.38. The SMILES string of the molecule is O=C(Cc1cccc2ccccc12)NN=Cc1ccc(N2CCOCC2)o1. The zero-order valence-electron chi connectivity index (χ0n) is 14.9. The lowest BCUT2D eigenvalue weighted by atomic mass is 10.0. The lowest BCUT2D eigenvalue weighted by Gasteiger charge is -2.26. The van der Waals surface area contributed by atoms with Crippen LogP contribution in [0.25, 0.3) is 10.8 Å². The van der Waals surface area contributed by atoms with Crippen LogP contribution in [0, 0.1) is 0 Å². The Kier molecular flexibility index (Phi) is 5.16. The summed E-state index contributed by atoms with van der Waals surface area (Å²) in [5.41, 5.74) is 3.55. The average Bonchev–Trinajstić information content (AvgIpc) is 3.18. The van der Waals surface area contributed by atoms with Crippen molar-refractivity contribution < 1.29 is 13.9 Å². The number of hydrogen-bond acceptors (Lipinski definition) is 5. The summed E-state index contributed by atoms with van der Waals surface area (Å²) in [6.45, 7) is 3.03. The molecule has 0 bridgehead atoms. The minimum Gasteiger partial charge on any atom is -0.440 e. The number of amides is 1. The second kappa shape index (κ2) is 8.05. The number of fused-ring (bicyclic) bond motifs is 1. The molecule has 6 nitrogen and oxygen atoms in total. The van der Waals surface area contributed by atoms with E-state index in [0.29, 0.717) is 19.0 Å². The second-order valence-corrected chi connectivity index (χ2v) is 6.38. The zero-order valence-corrected chi connectivity index (χ0v) is 14.9. The summed E-state index contributed by atoms with van der Waals surface area (Å²) in [6.07, 6.45) is 1.79. The van der Waals surface area contributed by atoms with E-state index in [0.717, 1.165) is 35.3 Å². The van der Waals surface area contributed by atoms with Gasteiger partial charge in [0.15, 0.2) is 5.88 Å². The first-order chi connectivity index (χ1) is 13.3. The van der Waals surface area contributed by atoms with Crippen LogP contribution in [0.2, 0.25) is 0 Å². The van der Waals surface area contributed by atoms with Crippen LogP contribution in [-0.2, 0) is 16.0 Å². The van der Waals surface area contributed by atoms with Gasteiger partial charge in [-0.15, -0.1) is 0 Å². The lowest BCUT2D eigenvalue weighted by molar-refractivity contribution is -0.120. The molecular formula is C21H21N3O3. The van der Waals surface area contributed by atoms with E-state index < -0.39 is 0 Å². The lowest BCUT2D eigenvalue weighted by Crippen LogP contribution is -2.35. The van der Waals surface area contributed by atoms with Crippen LogP contribution in [0.15, 0.2) is 64.1 Å². The highest BCUT2D eigenvalue weighted by atomic mass is 16.5. The number of hydrogen-bond donors (Lipinski definition) is 1. The molecule has 1 saturated heterocycles. The van der Waals surface area contributed by atoms with Gasteiger partial charge in [0.05, 0.1) is 25.8 Å². The molecule has 1 aliphatic rings. The van der Waals surface area contributed by atoms with Crippen molar-refractivity contribution in [2.24, 2.45) is 5.10 Å². The van der Waals surface area contributed by atoms with E-state index in [4.69, 9.17) is 9.15 Å². The molecule has 0 radical (unpaired) electrons. The molecule has 1 aromatic heterocycles. The molecule has 0 spiro atoms. The molecule has 3 aromatic rings. The van der Waals surface area contributed by atoms with Crippen molar-refractivity contribution in [2.75, 3.05) is 31.2 Å². The predicted molar refractivity (Wildman–Crippen MR) is 105 cm³/mol. The molecule has 1 aliphatic heterocycles. The van der Waals surface area contributed by atoms with Gasteiger partial charge in [0.25, 0.3) is 0 Å². The van der Waals surface area contributed by atoms with Gasteiger partial charge in [0.2, 0.25) is 5.91 Å². The fraction of sp³-hybridized carbons (Fsp3) is 0.238. The molecule has 138 valence electrons. The topological polar surface area (TPSA) is 67.1 Å². The fourth-order valence-corrected chi connectivity index (χ4v) is 3.19. The molecule has 0 aliphatic carbocycles. The summed E-state index contributed by atoms with van der Waals surface area (Å²) in [7, 11) is 0. The number of rotatable bonds is 5. The zero-order chi connectivity index (χ0) is 18.5. The van der Waals surface area contributed by atoms with Gasteiger partial charge in [-0.3, -0.25) is 4.79 Å². The highest BCUT2D eigenvalue weighted by Crippen LogP contribution is 2.19. The largest absolute Gasteiger partial charge is 0.440 e. The van der Waals surface area contributed by atoms with Crippen LogP contribution >= 0.6 is 0 Å². The number of nitrogens with zero attached hydrogens (tertiary/aromatic N) is 2. The summed E-state index contributed by atoms with van der Waals surface area (Å²) in [5, 5.41) is 6.22. The number of morpholine rings is 1. The first kappa shape index (κ1) is 17.3. The molecule has 1 fully saturated rings. The van der Waals surface area contributed by atoms with Crippen molar-refractivity contribution in [3.05, 3.63) is 65.9 Å². The molecule has 0 unspecified atom stereocenters. The third-order valence-corrected chi connectivity index (χ3v) is 4.55. The normalized spacial score (nSPS) is 14.7. The fourth-order valence-electron chi connectivity index (χ4n) is 3.19. The van der Waals surface area contributed by atoms with E-state index in [1.54, 1.807) is 0 Å². The summed E-state index contributed by atoms with van der Waals surface area (Å²) < 4.78 is 11.1. The number of furan rings is 1. The van der Waals surface area contributed by atoms with Gasteiger partial charge in [-0.25, -0.2) is 5.43 Å². The van der Waals surface area contributed by atoms with Gasteiger partial charge < -0.3 is 14.1 Å². The Morgan fingerprint density at radius 1 is 1.07 bits per heavy atom. The third-order valence-electron chi connectivity index (χ3n) is 4.55. The smallest absolute Gasteiger partial charge is 0.244 e. The van der Waals surface area contributed by atoms with Gasteiger partial charge in [0.1, 0.15) is 5.76 Å². The highest BCUT2D eigenvalue weighted by molar-refractivity contribution is 5.90. The van der Waals surface area contributed by atoms with Gasteiger partial charge in [0, 0.05) is 19.2 Å². The average molecular weight is 363 g/mol. The Morgan fingerprint density at radius 3 is 2.78 bits per heavy atom. The molecule has 1 N–H and O–H groups in total. The monoisotopic (exact) mass is 363 g/mol. The van der Waals surface area contributed by atoms with Crippen LogP contribution < -0.4 is 10.3 Å². The summed E-state index contributed by atoms with van der Waals surface area (Å²) in [6, 6.07) is 17.7. The highest BCUT2D eigenvalue weighted by Gasteiger charge is 2.14. The van der Waals surface area contributed by atoms with E-state index in [9.17, 15) is 4.79 Å². The van der Waals surface area contributed by atoms with Crippen LogP contribution in [0.3, 0.4) is 0 Å². The minimum absolute atomic E-state index is 0.164. The van der Waals surface area contributed by atoms with Crippen LogP contribution in [0.1, 0.15) is 11.3 Å². The van der Waals surface area contributed by atoms with E-state index in [1.807, 2.05) is 54.6 Å². The number of benzene rings is 2. The third kappa shape index (κ3) is 4.17. The van der Waals surface area contributed by atoms with Crippen molar-refractivity contribution in [2.45, 2.75) is 6.42 Å². The van der Waals surface area contributed by atoms with Gasteiger partial charge >= 0.3 is 0 Å². The molecule has 4 rings (SSSR count). The Balaban J connectivity index is 1.35. The van der Waals surface area contributed by atoms with Crippen molar-refractivity contribution in [1.29, 1.82) is 0 Å². The van der Waals surface area contributed by atoms with E-state index in [1.165, 1.54) is 6.21 Å². The Morgan fingerprint density at radius 2 is 1.89 bits per heavy atom. The maximum Gasteiger partial charge on any atom is 0.244 e. The Bertz CT molecular complexity index is 953. The number of carbonyl (C=O) groups is 1. The quantitative estimate of drug-likeness (QED) is 0.559. The molecule has 27 heavy (non-hydrogen) atoms. The predicted octanol–water partition coefficient (Wildman–Crippen LogP) is 2.96. The summed E-state index contributed by atoms with van der Waals surface area (Å²) in [5.74, 6) is 1.23. The van der Waals surface area contributed by atoms with Crippen LogP contribution in [0.5, 0.6) is 0 Å². The van der Waals surface area contributed by atoms with Gasteiger partial charge in [-0.05, 0) is 22.4 Å². The Labute approximate surface area is 157 Å². The van der Waals surface area contributed by atoms with Crippen LogP contribution in [-0.4, -0.2) is 38.4 Å². The summed E-state index contributed by atoms with van der Waals surface area (Å²) in [4.78, 5) is 14.3. The van der Waals surface area contributed by atoms with E-state index >= 15 is 0 Å². The van der Waals surface area contributed by atoms with Crippen molar-refractivity contribution in [3.8, 4) is 0 Å². The van der Waals surface area contributed by atoms with Crippen LogP contribution in [0.4, 0.5) is 5.88 Å². The molecule has 1 amide bonds. The first-order valence-corrected chi connectivity index (χ1v) is 9.01. The number of anilines is 1. The molecule has 6 heteroatoms. The molecule has 2 aromatic carbocycles.